The average molecular weight is 473 g/mol. The third kappa shape index (κ3) is 5.55. The Labute approximate surface area is 196 Å². The summed E-state index contributed by atoms with van der Waals surface area (Å²) < 4.78 is 0. The Kier molecular flexibility index (Phi) is 7.77. The van der Waals surface area contributed by atoms with Crippen molar-refractivity contribution in [2.24, 2.45) is 11.0 Å². The van der Waals surface area contributed by atoms with E-state index in [4.69, 9.17) is 0 Å². The van der Waals surface area contributed by atoms with Gasteiger partial charge in [0.25, 0.3) is 11.8 Å². The number of anilines is 1. The number of phenols is 1. The molecule has 0 spiro atoms. The van der Waals surface area contributed by atoms with Gasteiger partial charge in [0.2, 0.25) is 11.0 Å². The zero-order valence-corrected chi connectivity index (χ0v) is 19.9. The molecule has 33 heavy (non-hydrogen) atoms. The molecule has 0 saturated carbocycles. The van der Waals surface area contributed by atoms with Crippen LogP contribution in [0.4, 0.5) is 5.13 Å². The number of thiazole rings is 1. The molecule has 1 aliphatic heterocycles. The van der Waals surface area contributed by atoms with Gasteiger partial charge in [-0.3, -0.25) is 25.2 Å². The summed E-state index contributed by atoms with van der Waals surface area (Å²) in [7, 11) is 1.92. The van der Waals surface area contributed by atoms with Crippen molar-refractivity contribution in [3.05, 3.63) is 40.4 Å². The molecular weight excluding hydrogens is 444 g/mol. The van der Waals surface area contributed by atoms with Crippen molar-refractivity contribution in [1.29, 1.82) is 0 Å². The van der Waals surface area contributed by atoms with Crippen LogP contribution in [0.3, 0.4) is 0 Å². The first-order valence-electron chi connectivity index (χ1n) is 10.7. The molecule has 0 unspecified atom stereocenters. The molecule has 0 fully saturated rings. The lowest BCUT2D eigenvalue weighted by Crippen LogP contribution is -2.38. The van der Waals surface area contributed by atoms with Crippen LogP contribution in [0.25, 0.3) is 0 Å². The average Bonchev–Trinajstić information content (AvgIpc) is 3.30. The third-order valence-corrected chi connectivity index (χ3v) is 6.20. The number of aromatic nitrogens is 1. The second kappa shape index (κ2) is 10.5. The first kappa shape index (κ1) is 24.3. The minimum atomic E-state index is -0.700. The number of rotatable bonds is 9. The smallest absolute Gasteiger partial charge is 0.293 e. The van der Waals surface area contributed by atoms with Crippen LogP contribution < -0.4 is 10.9 Å². The van der Waals surface area contributed by atoms with E-state index in [0.29, 0.717) is 28.6 Å². The summed E-state index contributed by atoms with van der Waals surface area (Å²) in [5, 5.41) is 15.9. The van der Waals surface area contributed by atoms with Crippen LogP contribution in [0.15, 0.2) is 29.4 Å². The number of phenolic OH excluding ortho intramolecular Hbond substituents is 1. The number of carbonyl (C=O) groups excluding carboxylic acids is 3. The number of aryl methyl sites for hydroxylation is 1. The van der Waals surface area contributed by atoms with Crippen LogP contribution in [-0.4, -0.2) is 63.6 Å². The number of hydrazone groups is 1. The van der Waals surface area contributed by atoms with Gasteiger partial charge >= 0.3 is 0 Å². The molecule has 1 atom stereocenters. The van der Waals surface area contributed by atoms with E-state index >= 15 is 0 Å². The molecule has 3 rings (SSSR count). The lowest BCUT2D eigenvalue weighted by atomic mass is 9.95. The molecule has 10 nitrogen and oxygen atoms in total. The van der Waals surface area contributed by atoms with E-state index in [9.17, 15) is 19.5 Å². The predicted molar refractivity (Wildman–Crippen MR) is 126 cm³/mol. The highest BCUT2D eigenvalue weighted by Gasteiger charge is 2.42. The van der Waals surface area contributed by atoms with E-state index < -0.39 is 17.7 Å². The van der Waals surface area contributed by atoms with Crippen LogP contribution in [-0.2, 0) is 9.59 Å². The van der Waals surface area contributed by atoms with Gasteiger partial charge in [0.15, 0.2) is 0 Å². The molecule has 11 heteroatoms. The van der Waals surface area contributed by atoms with E-state index in [0.717, 1.165) is 35.7 Å². The zero-order chi connectivity index (χ0) is 24.1. The highest BCUT2D eigenvalue weighted by Crippen LogP contribution is 2.30. The van der Waals surface area contributed by atoms with Gasteiger partial charge < -0.3 is 10.0 Å². The number of aromatic hydroxyl groups is 1. The van der Waals surface area contributed by atoms with Crippen molar-refractivity contribution in [2.45, 2.75) is 33.6 Å². The molecule has 1 aromatic heterocycles. The number of carbonyl (C=O) groups is 3. The number of imide groups is 1. The molecule has 0 bridgehead atoms. The minimum Gasteiger partial charge on any atom is -0.507 e. The molecule has 2 aromatic rings. The van der Waals surface area contributed by atoms with Crippen LogP contribution in [0.5, 0.6) is 5.75 Å². The standard InChI is InChI=1S/C22H28N6O4S/c1-5-6-11-27(4)12-16-18(15-9-7-8-10-17(15)30)26-28(20(16)31)21(32)19-13(2)23-22(33-19)25-24-14(3)29/h7-10,16,30H,5-6,11-12H2,1-4H3,(H,23,25)(H,24,29)/t16-/m0/s1. The van der Waals surface area contributed by atoms with Crippen LogP contribution >= 0.6 is 11.3 Å². The maximum absolute atomic E-state index is 13.4. The number of para-hydroxylation sites is 1. The third-order valence-electron chi connectivity index (χ3n) is 5.14. The molecular formula is C22H28N6O4S. The van der Waals surface area contributed by atoms with Gasteiger partial charge in [-0.05, 0) is 39.1 Å². The predicted octanol–water partition coefficient (Wildman–Crippen LogP) is 2.35. The largest absolute Gasteiger partial charge is 0.507 e. The van der Waals surface area contributed by atoms with Crippen molar-refractivity contribution in [3.63, 3.8) is 0 Å². The summed E-state index contributed by atoms with van der Waals surface area (Å²) in [5.41, 5.74) is 6.23. The van der Waals surface area contributed by atoms with Crippen molar-refractivity contribution in [3.8, 4) is 5.75 Å². The quantitative estimate of drug-likeness (QED) is 0.378. The fourth-order valence-electron chi connectivity index (χ4n) is 3.45. The van der Waals surface area contributed by atoms with Gasteiger partial charge in [-0.25, -0.2) is 4.98 Å². The number of hydrazine groups is 1. The molecule has 3 N–H and O–H groups in total. The summed E-state index contributed by atoms with van der Waals surface area (Å²) in [5.74, 6) is -2.06. The number of amides is 3. The Balaban J connectivity index is 1.92. The van der Waals surface area contributed by atoms with Gasteiger partial charge in [-0.15, -0.1) is 0 Å². The SMILES string of the molecule is CCCCN(C)C[C@@H]1C(=O)N(C(=O)c2sc(NNC(C)=O)nc2C)N=C1c1ccccc1O. The monoisotopic (exact) mass is 472 g/mol. The molecule has 176 valence electrons. The Morgan fingerprint density at radius 1 is 1.30 bits per heavy atom. The van der Waals surface area contributed by atoms with Gasteiger partial charge in [-0.1, -0.05) is 36.8 Å². The van der Waals surface area contributed by atoms with Crippen molar-refractivity contribution in [2.75, 3.05) is 25.6 Å². The number of nitrogens with one attached hydrogen (secondary N) is 2. The van der Waals surface area contributed by atoms with E-state index in [-0.39, 0.29) is 16.5 Å². The van der Waals surface area contributed by atoms with Crippen molar-refractivity contribution < 1.29 is 19.5 Å². The molecule has 0 saturated heterocycles. The zero-order valence-electron chi connectivity index (χ0n) is 19.1. The second-order valence-electron chi connectivity index (χ2n) is 7.87. The lowest BCUT2D eigenvalue weighted by molar-refractivity contribution is -0.129. The first-order valence-corrected chi connectivity index (χ1v) is 11.5. The van der Waals surface area contributed by atoms with Crippen molar-refractivity contribution in [1.82, 2.24) is 20.3 Å². The molecule has 1 aromatic carbocycles. The van der Waals surface area contributed by atoms with Crippen molar-refractivity contribution >= 4 is 39.9 Å². The topological polar surface area (TPSA) is 127 Å². The fraction of sp³-hybridized carbons (Fsp3) is 0.409. The van der Waals surface area contributed by atoms with E-state index in [1.165, 1.54) is 13.0 Å². The lowest BCUT2D eigenvalue weighted by Gasteiger charge is -2.21. The highest BCUT2D eigenvalue weighted by molar-refractivity contribution is 7.17. The molecule has 0 radical (unpaired) electrons. The molecule has 3 amide bonds. The Morgan fingerprint density at radius 3 is 2.70 bits per heavy atom. The maximum Gasteiger partial charge on any atom is 0.293 e. The van der Waals surface area contributed by atoms with E-state index in [2.05, 4.69) is 27.9 Å². The van der Waals surface area contributed by atoms with Gasteiger partial charge in [-0.2, -0.15) is 10.1 Å². The summed E-state index contributed by atoms with van der Waals surface area (Å²) in [6.45, 7) is 6.25. The van der Waals surface area contributed by atoms with Gasteiger partial charge in [0.05, 0.1) is 17.3 Å². The van der Waals surface area contributed by atoms with Crippen LogP contribution in [0.2, 0.25) is 0 Å². The second-order valence-corrected chi connectivity index (χ2v) is 8.86. The Bertz CT molecular complexity index is 1080. The summed E-state index contributed by atoms with van der Waals surface area (Å²) in [6.07, 6.45) is 2.00. The van der Waals surface area contributed by atoms with Gasteiger partial charge in [0.1, 0.15) is 10.6 Å². The normalized spacial score (nSPS) is 15.7. The Morgan fingerprint density at radius 2 is 2.03 bits per heavy atom. The van der Waals surface area contributed by atoms with Crippen LogP contribution in [0.1, 0.15) is 47.6 Å². The van der Waals surface area contributed by atoms with E-state index in [1.807, 2.05) is 11.9 Å². The number of nitrogens with zero attached hydrogens (tertiary/aromatic N) is 4. The summed E-state index contributed by atoms with van der Waals surface area (Å²) in [6, 6.07) is 6.64. The first-order chi connectivity index (χ1) is 15.7. The number of hydrogen-bond acceptors (Lipinski definition) is 9. The van der Waals surface area contributed by atoms with E-state index in [1.54, 1.807) is 25.1 Å². The fourth-order valence-corrected chi connectivity index (χ4v) is 4.30. The summed E-state index contributed by atoms with van der Waals surface area (Å²) >= 11 is 1.02. The molecule has 1 aliphatic rings. The minimum absolute atomic E-state index is 0.00433. The summed E-state index contributed by atoms with van der Waals surface area (Å²) in [4.78, 5) is 44.2. The molecule has 2 heterocycles. The molecule has 0 aliphatic carbocycles. The number of benzene rings is 1. The maximum atomic E-state index is 13.4. The highest BCUT2D eigenvalue weighted by atomic mass is 32.1. The van der Waals surface area contributed by atoms with Crippen LogP contribution in [0, 0.1) is 12.8 Å². The Hall–Kier alpha value is -3.31. The number of unbranched alkanes of at least 4 members (excludes halogenated alkanes) is 1. The van der Waals surface area contributed by atoms with Gasteiger partial charge in [0, 0.05) is 19.0 Å². The number of hydrogen-bond donors (Lipinski definition) is 3.